The molecule has 0 saturated carbocycles. The number of aryl methyl sites for hydroxylation is 1. The highest BCUT2D eigenvalue weighted by atomic mass is 32.2. The van der Waals surface area contributed by atoms with E-state index in [0.717, 1.165) is 11.1 Å². The fraction of sp³-hybridized carbons (Fsp3) is 0.0667. The van der Waals surface area contributed by atoms with Gasteiger partial charge in [-0.25, -0.2) is 13.1 Å². The summed E-state index contributed by atoms with van der Waals surface area (Å²) in [6, 6.07) is 42.1. The Morgan fingerprint density at radius 2 is 1.00 bits per heavy atom. The van der Waals surface area contributed by atoms with Gasteiger partial charge in [0.1, 0.15) is 24.0 Å². The molecule has 0 bridgehead atoms. The summed E-state index contributed by atoms with van der Waals surface area (Å²) in [7, 11) is -3.95. The number of anilines is 2. The summed E-state index contributed by atoms with van der Waals surface area (Å²) in [6.45, 7) is 1.66. The van der Waals surface area contributed by atoms with E-state index in [1.165, 1.54) is 18.6 Å². The van der Waals surface area contributed by atoms with Gasteiger partial charge in [0.05, 0.1) is 28.9 Å². The number of carbonyl (C=O) groups is 4. The molecule has 0 fully saturated rings. The van der Waals surface area contributed by atoms with Crippen molar-refractivity contribution < 1.29 is 41.5 Å². The van der Waals surface area contributed by atoms with Crippen LogP contribution in [0, 0.1) is 6.92 Å². The molecule has 13 heteroatoms. The Balaban J connectivity index is 0.000000208. The third kappa shape index (κ3) is 10.8. The van der Waals surface area contributed by atoms with Gasteiger partial charge in [0.2, 0.25) is 5.91 Å². The monoisotopic (exact) mass is 795 g/mol. The lowest BCUT2D eigenvalue weighted by atomic mass is 10.1. The normalized spacial score (nSPS) is 10.8. The van der Waals surface area contributed by atoms with Crippen molar-refractivity contribution in [3.05, 3.63) is 186 Å². The molecular weight excluding hydrogens is 759 g/mol. The Kier molecular flexibility index (Phi) is 12.8. The molecular formula is C45H37N3O9S. The number of hydrogen-bond acceptors (Lipinski definition) is 8. The van der Waals surface area contributed by atoms with Gasteiger partial charge in [0, 0.05) is 22.5 Å². The molecule has 0 radical (unpaired) electrons. The lowest BCUT2D eigenvalue weighted by Crippen LogP contribution is -2.32. The standard InChI is InChI=1S/C26H22N2O5S.C19H15NO4/c1-18-7-5-6-10-24(18)34(31,32)28-25(29)15-19-11-13-22(14-12-19)27-26(30)21-16-23(33-17-21)20-8-3-2-4-9-20;21-18(22)10-13-6-8-16(9-7-13)20-19(23)15-11-17(24-12-15)14-4-2-1-3-5-14/h2-14,16-17H,15H2,1H3,(H,27,30)(H,28,29);1-9,11-12H,10H2,(H,20,23)(H,21,22). The SMILES string of the molecule is Cc1ccccc1S(=O)(=O)NC(=O)Cc1ccc(NC(=O)c2coc(-c3ccccc3)c2)cc1.O=C(O)Cc1ccc(NC(=O)c2coc(-c3ccccc3)c2)cc1. The maximum Gasteiger partial charge on any atom is 0.307 e. The molecule has 7 aromatic rings. The Labute approximate surface area is 334 Å². The first-order valence-electron chi connectivity index (χ1n) is 17.8. The summed E-state index contributed by atoms with van der Waals surface area (Å²) in [5.41, 5.74) is 5.52. The summed E-state index contributed by atoms with van der Waals surface area (Å²) in [5, 5.41) is 14.3. The molecule has 0 aliphatic heterocycles. The van der Waals surface area contributed by atoms with Crippen LogP contribution in [0.2, 0.25) is 0 Å². The summed E-state index contributed by atoms with van der Waals surface area (Å²) in [5.74, 6) is -0.941. The van der Waals surface area contributed by atoms with Gasteiger partial charge in [0.15, 0.2) is 0 Å². The molecule has 4 N–H and O–H groups in total. The number of rotatable bonds is 12. The minimum Gasteiger partial charge on any atom is -0.481 e. The summed E-state index contributed by atoms with van der Waals surface area (Å²) < 4.78 is 38.0. The molecule has 7 rings (SSSR count). The Morgan fingerprint density at radius 1 is 0.569 bits per heavy atom. The number of sulfonamides is 1. The minimum atomic E-state index is -3.95. The zero-order valence-corrected chi connectivity index (χ0v) is 31.9. The maximum absolute atomic E-state index is 12.5. The molecule has 0 aliphatic carbocycles. The van der Waals surface area contributed by atoms with Crippen molar-refractivity contribution >= 4 is 45.1 Å². The largest absolute Gasteiger partial charge is 0.481 e. The number of carboxylic acids is 1. The van der Waals surface area contributed by atoms with Crippen molar-refractivity contribution in [1.29, 1.82) is 0 Å². The van der Waals surface area contributed by atoms with E-state index in [9.17, 15) is 27.6 Å². The predicted octanol–water partition coefficient (Wildman–Crippen LogP) is 8.38. The van der Waals surface area contributed by atoms with E-state index in [4.69, 9.17) is 13.9 Å². The number of hydrogen-bond donors (Lipinski definition) is 4. The minimum absolute atomic E-state index is 0.0452. The van der Waals surface area contributed by atoms with Gasteiger partial charge in [-0.2, -0.15) is 0 Å². The van der Waals surface area contributed by atoms with Crippen LogP contribution in [-0.4, -0.2) is 37.2 Å². The van der Waals surface area contributed by atoms with Crippen LogP contribution < -0.4 is 15.4 Å². The third-order valence-corrected chi connectivity index (χ3v) is 10.1. The molecule has 2 aromatic heterocycles. The van der Waals surface area contributed by atoms with Crippen LogP contribution in [0.5, 0.6) is 0 Å². The maximum atomic E-state index is 12.5. The molecule has 12 nitrogen and oxygen atoms in total. The predicted molar refractivity (Wildman–Crippen MR) is 219 cm³/mol. The quantitative estimate of drug-likeness (QED) is 0.0943. The first-order chi connectivity index (χ1) is 27.9. The second kappa shape index (κ2) is 18.4. The molecule has 292 valence electrons. The first-order valence-corrected chi connectivity index (χ1v) is 19.3. The number of nitrogens with one attached hydrogen (secondary N) is 3. The van der Waals surface area contributed by atoms with E-state index in [0.29, 0.717) is 50.7 Å². The van der Waals surface area contributed by atoms with Crippen LogP contribution in [0.1, 0.15) is 37.4 Å². The fourth-order valence-corrected chi connectivity index (χ4v) is 6.93. The van der Waals surface area contributed by atoms with Crippen molar-refractivity contribution in [3.8, 4) is 22.6 Å². The van der Waals surface area contributed by atoms with Crippen molar-refractivity contribution in [2.45, 2.75) is 24.7 Å². The van der Waals surface area contributed by atoms with Gasteiger partial charge in [0.25, 0.3) is 21.8 Å². The van der Waals surface area contributed by atoms with E-state index < -0.39 is 21.9 Å². The van der Waals surface area contributed by atoms with E-state index in [1.807, 2.05) is 60.7 Å². The molecule has 0 spiro atoms. The van der Waals surface area contributed by atoms with Crippen LogP contribution in [0.25, 0.3) is 22.6 Å². The van der Waals surface area contributed by atoms with E-state index in [-0.39, 0.29) is 29.6 Å². The Hall–Kier alpha value is -7.51. The second-order valence-electron chi connectivity index (χ2n) is 13.0. The Morgan fingerprint density at radius 3 is 1.45 bits per heavy atom. The van der Waals surface area contributed by atoms with E-state index in [1.54, 1.807) is 85.8 Å². The summed E-state index contributed by atoms with van der Waals surface area (Å²) >= 11 is 0. The van der Waals surface area contributed by atoms with Crippen molar-refractivity contribution in [1.82, 2.24) is 4.72 Å². The number of carboxylic acid groups (broad SMARTS) is 1. The second-order valence-corrected chi connectivity index (χ2v) is 14.6. The average Bonchev–Trinajstić information content (AvgIpc) is 3.92. The zero-order chi connectivity index (χ0) is 41.1. The summed E-state index contributed by atoms with van der Waals surface area (Å²) in [4.78, 5) is 47.8. The topological polar surface area (TPSA) is 185 Å². The molecule has 58 heavy (non-hydrogen) atoms. The summed E-state index contributed by atoms with van der Waals surface area (Å²) in [6.07, 6.45) is 2.64. The number of aliphatic carboxylic acids is 1. The van der Waals surface area contributed by atoms with Crippen molar-refractivity contribution in [3.63, 3.8) is 0 Å². The average molecular weight is 796 g/mol. The highest BCUT2D eigenvalue weighted by Crippen LogP contribution is 2.24. The van der Waals surface area contributed by atoms with Gasteiger partial charge >= 0.3 is 5.97 Å². The van der Waals surface area contributed by atoms with Crippen LogP contribution in [0.15, 0.2) is 172 Å². The molecule has 2 heterocycles. The van der Waals surface area contributed by atoms with Gasteiger partial charge < -0.3 is 24.6 Å². The van der Waals surface area contributed by atoms with Gasteiger partial charge in [-0.1, -0.05) is 103 Å². The lowest BCUT2D eigenvalue weighted by Gasteiger charge is -2.09. The van der Waals surface area contributed by atoms with Gasteiger partial charge in [-0.15, -0.1) is 0 Å². The van der Waals surface area contributed by atoms with Crippen molar-refractivity contribution in [2.75, 3.05) is 10.6 Å². The fourth-order valence-electron chi connectivity index (χ4n) is 5.70. The molecule has 0 saturated heterocycles. The van der Waals surface area contributed by atoms with Crippen molar-refractivity contribution in [2.24, 2.45) is 0 Å². The molecule has 5 aromatic carbocycles. The molecule has 3 amide bonds. The van der Waals surface area contributed by atoms with E-state index >= 15 is 0 Å². The third-order valence-electron chi connectivity index (χ3n) is 8.61. The van der Waals surface area contributed by atoms with Gasteiger partial charge in [-0.3, -0.25) is 19.2 Å². The highest BCUT2D eigenvalue weighted by molar-refractivity contribution is 7.90. The van der Waals surface area contributed by atoms with Crippen LogP contribution in [0.4, 0.5) is 11.4 Å². The lowest BCUT2D eigenvalue weighted by molar-refractivity contribution is -0.136. The molecule has 0 atom stereocenters. The number of furan rings is 2. The zero-order valence-electron chi connectivity index (χ0n) is 31.0. The highest BCUT2D eigenvalue weighted by Gasteiger charge is 2.20. The smallest absolute Gasteiger partial charge is 0.307 e. The molecule has 0 unspecified atom stereocenters. The van der Waals surface area contributed by atoms with E-state index in [2.05, 4.69) is 15.4 Å². The van der Waals surface area contributed by atoms with Crippen LogP contribution in [-0.2, 0) is 32.5 Å². The number of carbonyl (C=O) groups excluding carboxylic acids is 3. The van der Waals surface area contributed by atoms with Gasteiger partial charge in [-0.05, 0) is 66.1 Å². The Bertz CT molecular complexity index is 2640. The first kappa shape index (κ1) is 40.2. The number of benzene rings is 5. The number of amides is 3. The van der Waals surface area contributed by atoms with Crippen LogP contribution in [0.3, 0.4) is 0 Å². The molecule has 0 aliphatic rings. The van der Waals surface area contributed by atoms with Crippen LogP contribution >= 0.6 is 0 Å².